The van der Waals surface area contributed by atoms with Crippen LogP contribution in [0, 0.1) is 6.92 Å². The maximum Gasteiger partial charge on any atom is 0.369 e. The van der Waals surface area contributed by atoms with Crippen molar-refractivity contribution in [2.75, 3.05) is 18.1 Å². The molecule has 21 heavy (non-hydrogen) atoms. The number of nitrogens with two attached hydrogens (primary N) is 1. The molecule has 10 nitrogen and oxygen atoms in total. The first-order valence-corrected chi connectivity index (χ1v) is 6.03. The van der Waals surface area contributed by atoms with E-state index >= 15 is 0 Å². The number of nitrogens with zero attached hydrogens (tertiary/aromatic N) is 5. The van der Waals surface area contributed by atoms with Crippen LogP contribution in [0.5, 0.6) is 0 Å². The Balaban J connectivity index is 2.42. The lowest BCUT2D eigenvalue weighted by atomic mass is 10.3. The highest BCUT2D eigenvalue weighted by Crippen LogP contribution is 2.14. The number of nitrogens with one attached hydrogen (secondary N) is 2. The summed E-state index contributed by atoms with van der Waals surface area (Å²) in [5.74, 6) is 0.568. The molecule has 0 aliphatic heterocycles. The molecule has 0 saturated carbocycles. The van der Waals surface area contributed by atoms with Crippen LogP contribution in [0.4, 0.5) is 11.6 Å². The third-order valence-corrected chi connectivity index (χ3v) is 3.04. The molecule has 0 fully saturated rings. The molecule has 0 aromatic carbocycles. The maximum absolute atomic E-state index is 12.1. The molecule has 0 atom stereocenters. The average Bonchev–Trinajstić information content (AvgIpc) is 2.79. The predicted octanol–water partition coefficient (Wildman–Crippen LogP) is -1.08. The molecule has 0 bridgehead atoms. The van der Waals surface area contributed by atoms with Gasteiger partial charge in [0.05, 0.1) is 0 Å². The first-order valence-electron chi connectivity index (χ1n) is 6.03. The van der Waals surface area contributed by atoms with Crippen LogP contribution in [0.3, 0.4) is 0 Å². The minimum Gasteiger partial charge on any atom is -0.383 e. The number of aryl methyl sites for hydroxylation is 1. The largest absolute Gasteiger partial charge is 0.383 e. The monoisotopic (exact) mass is 288 g/mol. The summed E-state index contributed by atoms with van der Waals surface area (Å²) in [5.41, 5.74) is 5.60. The summed E-state index contributed by atoms with van der Waals surface area (Å²) in [4.78, 5) is 38.4. The summed E-state index contributed by atoms with van der Waals surface area (Å²) in [6.07, 6.45) is 2.72. The predicted molar refractivity (Wildman–Crippen MR) is 76.1 cm³/mol. The highest BCUT2D eigenvalue weighted by atomic mass is 16.2. The number of anilines is 2. The number of imidazole rings is 1. The Morgan fingerprint density at radius 3 is 2.81 bits per heavy atom. The van der Waals surface area contributed by atoms with Crippen LogP contribution in [0.15, 0.2) is 22.1 Å². The van der Waals surface area contributed by atoms with E-state index in [1.165, 1.54) is 12.5 Å². The van der Waals surface area contributed by atoms with Crippen LogP contribution in [0.2, 0.25) is 0 Å². The lowest BCUT2D eigenvalue weighted by Gasteiger charge is -2.07. The second-order valence-corrected chi connectivity index (χ2v) is 4.35. The minimum absolute atomic E-state index is 0.120. The zero-order valence-electron chi connectivity index (χ0n) is 11.3. The van der Waals surface area contributed by atoms with Crippen LogP contribution in [0.1, 0.15) is 5.56 Å². The number of rotatable bonds is 2. The number of hydrogen-bond acceptors (Lipinski definition) is 7. The van der Waals surface area contributed by atoms with E-state index in [0.717, 1.165) is 9.35 Å². The van der Waals surface area contributed by atoms with Gasteiger partial charge in [-0.3, -0.25) is 4.98 Å². The van der Waals surface area contributed by atoms with Crippen molar-refractivity contribution in [3.63, 3.8) is 0 Å². The molecule has 10 heteroatoms. The van der Waals surface area contributed by atoms with Gasteiger partial charge in [-0.2, -0.15) is 14.3 Å². The van der Waals surface area contributed by atoms with E-state index in [0.29, 0.717) is 16.9 Å². The van der Waals surface area contributed by atoms with Gasteiger partial charge in [0.1, 0.15) is 17.7 Å². The Kier molecular flexibility index (Phi) is 2.71. The van der Waals surface area contributed by atoms with E-state index in [1.807, 2.05) is 0 Å². The summed E-state index contributed by atoms with van der Waals surface area (Å²) < 4.78 is 2.14. The number of fused-ring (bicyclic) bond motifs is 1. The molecule has 0 spiro atoms. The lowest BCUT2D eigenvalue weighted by molar-refractivity contribution is 0.600. The second kappa shape index (κ2) is 4.44. The third kappa shape index (κ3) is 1.84. The Morgan fingerprint density at radius 1 is 1.33 bits per heavy atom. The topological polar surface area (TPSA) is 137 Å². The zero-order chi connectivity index (χ0) is 15.1. The quantitative estimate of drug-likeness (QED) is 0.545. The molecule has 3 aromatic heterocycles. The Labute approximate surface area is 117 Å². The molecule has 0 saturated heterocycles. The molecule has 0 aliphatic rings. The number of hydrogen-bond donors (Lipinski definition) is 3. The van der Waals surface area contributed by atoms with Crippen molar-refractivity contribution in [3.8, 4) is 0 Å². The standard InChI is InChI=1S/C11H12N8O2/c1-5-3-18(10(20)17-7(5)12)19-9-6(16-11(19)21)8(13-2)14-4-15-9/h3-4H,1-2H3,(H,16,21)(H2,12,17,20)(H,13,14,15). The summed E-state index contributed by atoms with van der Waals surface area (Å²) in [6, 6.07) is 0. The average molecular weight is 288 g/mol. The number of aromatic nitrogens is 6. The van der Waals surface area contributed by atoms with E-state index in [1.54, 1.807) is 14.0 Å². The summed E-state index contributed by atoms with van der Waals surface area (Å²) >= 11 is 0. The van der Waals surface area contributed by atoms with E-state index in [-0.39, 0.29) is 11.5 Å². The fourth-order valence-electron chi connectivity index (χ4n) is 1.99. The minimum atomic E-state index is -0.675. The van der Waals surface area contributed by atoms with Gasteiger partial charge in [0.25, 0.3) is 0 Å². The Morgan fingerprint density at radius 2 is 2.10 bits per heavy atom. The summed E-state index contributed by atoms with van der Waals surface area (Å²) in [7, 11) is 1.67. The van der Waals surface area contributed by atoms with Gasteiger partial charge in [0.15, 0.2) is 11.5 Å². The van der Waals surface area contributed by atoms with Crippen molar-refractivity contribution in [2.45, 2.75) is 6.92 Å². The smallest absolute Gasteiger partial charge is 0.369 e. The van der Waals surface area contributed by atoms with Gasteiger partial charge in [0.2, 0.25) is 0 Å². The van der Waals surface area contributed by atoms with Gasteiger partial charge in [-0.05, 0) is 6.92 Å². The highest BCUT2D eigenvalue weighted by Gasteiger charge is 2.15. The van der Waals surface area contributed by atoms with Gasteiger partial charge in [0, 0.05) is 18.8 Å². The number of aromatic amines is 1. The molecule has 4 N–H and O–H groups in total. The number of nitrogen functional groups attached to an aromatic ring is 1. The molecular weight excluding hydrogens is 276 g/mol. The first-order chi connectivity index (χ1) is 10.0. The fraction of sp³-hybridized carbons (Fsp3) is 0.182. The van der Waals surface area contributed by atoms with Gasteiger partial charge in [-0.15, -0.1) is 0 Å². The maximum atomic E-state index is 12.1. The van der Waals surface area contributed by atoms with Crippen LogP contribution in [0.25, 0.3) is 11.2 Å². The third-order valence-electron chi connectivity index (χ3n) is 3.04. The molecule has 0 unspecified atom stereocenters. The first kappa shape index (κ1) is 12.8. The summed E-state index contributed by atoms with van der Waals surface area (Å²) in [6.45, 7) is 1.69. The van der Waals surface area contributed by atoms with Crippen LogP contribution < -0.4 is 22.4 Å². The van der Waals surface area contributed by atoms with Crippen LogP contribution in [-0.4, -0.2) is 36.3 Å². The van der Waals surface area contributed by atoms with E-state index in [2.05, 4.69) is 25.3 Å². The lowest BCUT2D eigenvalue weighted by Crippen LogP contribution is -2.35. The second-order valence-electron chi connectivity index (χ2n) is 4.35. The molecule has 3 heterocycles. The van der Waals surface area contributed by atoms with Crippen molar-refractivity contribution in [3.05, 3.63) is 39.1 Å². The Hall–Kier alpha value is -3.17. The van der Waals surface area contributed by atoms with Gasteiger partial charge in [-0.25, -0.2) is 19.6 Å². The van der Waals surface area contributed by atoms with Gasteiger partial charge in [-0.1, -0.05) is 0 Å². The highest BCUT2D eigenvalue weighted by molar-refractivity contribution is 5.82. The molecule has 3 rings (SSSR count). The van der Waals surface area contributed by atoms with Crippen molar-refractivity contribution < 1.29 is 0 Å². The van der Waals surface area contributed by atoms with Crippen molar-refractivity contribution in [1.82, 2.24) is 29.3 Å². The fourth-order valence-corrected chi connectivity index (χ4v) is 1.99. The molecule has 0 aliphatic carbocycles. The SMILES string of the molecule is CNc1ncnc2c1[nH]c(=O)n2-n1cc(C)c(N)nc1=O. The zero-order valence-corrected chi connectivity index (χ0v) is 11.3. The Bertz CT molecular complexity index is 951. The van der Waals surface area contributed by atoms with Gasteiger partial charge >= 0.3 is 11.4 Å². The van der Waals surface area contributed by atoms with Crippen molar-refractivity contribution in [2.24, 2.45) is 0 Å². The van der Waals surface area contributed by atoms with E-state index in [4.69, 9.17) is 5.73 Å². The van der Waals surface area contributed by atoms with Crippen LogP contribution in [-0.2, 0) is 0 Å². The molecule has 3 aromatic rings. The van der Waals surface area contributed by atoms with Crippen molar-refractivity contribution in [1.29, 1.82) is 0 Å². The molecular formula is C11H12N8O2. The molecule has 108 valence electrons. The molecule has 0 amide bonds. The number of H-pyrrole nitrogens is 1. The van der Waals surface area contributed by atoms with E-state index < -0.39 is 11.4 Å². The van der Waals surface area contributed by atoms with E-state index in [9.17, 15) is 9.59 Å². The van der Waals surface area contributed by atoms with Crippen LogP contribution >= 0.6 is 0 Å². The summed E-state index contributed by atoms with van der Waals surface area (Å²) in [5, 5.41) is 2.84. The molecule has 0 radical (unpaired) electrons. The van der Waals surface area contributed by atoms with Crippen molar-refractivity contribution >= 4 is 22.8 Å². The van der Waals surface area contributed by atoms with Gasteiger partial charge < -0.3 is 11.1 Å². The normalized spacial score (nSPS) is 11.0.